The molecule has 0 unspecified atom stereocenters. The number of fused-ring (bicyclic) bond motifs is 1. The lowest BCUT2D eigenvalue weighted by Crippen LogP contribution is -2.31. The van der Waals surface area contributed by atoms with Gasteiger partial charge in [0.25, 0.3) is 5.91 Å². The van der Waals surface area contributed by atoms with Crippen LogP contribution in [0.1, 0.15) is 22.1 Å². The van der Waals surface area contributed by atoms with Crippen molar-refractivity contribution in [2.75, 3.05) is 25.5 Å². The van der Waals surface area contributed by atoms with E-state index in [0.717, 1.165) is 0 Å². The van der Waals surface area contributed by atoms with Crippen LogP contribution in [0.5, 0.6) is 0 Å². The summed E-state index contributed by atoms with van der Waals surface area (Å²) in [6.07, 6.45) is 3.04. The van der Waals surface area contributed by atoms with E-state index in [4.69, 9.17) is 10.5 Å². The minimum atomic E-state index is -4.51. The van der Waals surface area contributed by atoms with Crippen molar-refractivity contribution in [3.05, 3.63) is 41.9 Å². The molecule has 12 heteroatoms. The summed E-state index contributed by atoms with van der Waals surface area (Å²) in [4.78, 5) is 12.0. The number of alkyl halides is 3. The lowest BCUT2D eigenvalue weighted by atomic mass is 10.2. The molecule has 0 radical (unpaired) electrons. The lowest BCUT2D eigenvalue weighted by Gasteiger charge is -2.25. The minimum absolute atomic E-state index is 0.0673. The van der Waals surface area contributed by atoms with Gasteiger partial charge in [0.05, 0.1) is 48.0 Å². The smallest absolute Gasteiger partial charge is 0.384 e. The molecule has 8 nitrogen and oxygen atoms in total. The summed E-state index contributed by atoms with van der Waals surface area (Å²) in [5, 5.41) is 10.8. The van der Waals surface area contributed by atoms with Gasteiger partial charge in [-0.05, 0) is 29.8 Å². The largest absolute Gasteiger partial charge is 0.446 e. The fourth-order valence-corrected chi connectivity index (χ4v) is 3.43. The molecule has 0 aliphatic carbocycles. The number of nitrogens with zero attached hydrogens (tertiary/aromatic N) is 4. The van der Waals surface area contributed by atoms with Gasteiger partial charge in [0.1, 0.15) is 11.5 Å². The van der Waals surface area contributed by atoms with E-state index in [1.807, 2.05) is 0 Å². The maximum Gasteiger partial charge on any atom is 0.446 e. The highest BCUT2D eigenvalue weighted by molar-refractivity contribution is 8.00. The van der Waals surface area contributed by atoms with Gasteiger partial charge < -0.3 is 15.8 Å². The number of carbonyl (C=O) groups is 1. The number of hydrogen-bond acceptors (Lipinski definition) is 6. The van der Waals surface area contributed by atoms with Gasteiger partial charge in [0, 0.05) is 6.20 Å². The van der Waals surface area contributed by atoms with Gasteiger partial charge in [-0.15, -0.1) is 0 Å². The molecule has 156 valence electrons. The molecule has 0 bridgehead atoms. The Morgan fingerprint density at radius 2 is 2.20 bits per heavy atom. The number of rotatable bonds is 4. The standard InChI is InChI=1S/C18H15F3N6O2S/c19-18(20,21)30-16-13(25-27-14(16)4-1-5-15(27)22)3-2-6-23-17(28)11-7-24-26(8-11)12-9-29-10-12/h1,4-5,7-8,12H,6,9-10,22H2,(H,23,28). The predicted molar refractivity (Wildman–Crippen MR) is 103 cm³/mol. The molecule has 0 atom stereocenters. The highest BCUT2D eigenvalue weighted by Crippen LogP contribution is 2.40. The molecule has 3 aromatic rings. The lowest BCUT2D eigenvalue weighted by molar-refractivity contribution is -0.0328. The van der Waals surface area contributed by atoms with Crippen molar-refractivity contribution in [2.45, 2.75) is 16.4 Å². The highest BCUT2D eigenvalue weighted by atomic mass is 32.2. The number of aromatic nitrogens is 4. The number of ether oxygens (including phenoxy) is 1. The molecule has 3 N–H and O–H groups in total. The number of amides is 1. The third kappa shape index (κ3) is 4.22. The molecule has 1 aliphatic rings. The summed E-state index contributed by atoms with van der Waals surface area (Å²) >= 11 is -0.303. The van der Waals surface area contributed by atoms with Crippen LogP contribution in [0.2, 0.25) is 0 Å². The van der Waals surface area contributed by atoms with Crippen molar-refractivity contribution in [2.24, 2.45) is 0 Å². The number of halogens is 3. The number of hydrogen-bond donors (Lipinski definition) is 2. The molecule has 1 saturated heterocycles. The molecule has 1 fully saturated rings. The van der Waals surface area contributed by atoms with Crippen LogP contribution in [0.25, 0.3) is 5.52 Å². The first kappa shape index (κ1) is 20.1. The molecule has 4 rings (SSSR count). The number of pyridine rings is 1. The second-order valence-corrected chi connectivity index (χ2v) is 7.43. The molecule has 30 heavy (non-hydrogen) atoms. The third-order valence-corrected chi connectivity index (χ3v) is 5.10. The molecule has 1 amide bonds. The van der Waals surface area contributed by atoms with Gasteiger partial charge in [-0.2, -0.15) is 23.4 Å². The Labute approximate surface area is 172 Å². The average Bonchev–Trinajstić information content (AvgIpc) is 3.23. The number of nitrogens with two attached hydrogens (primary N) is 1. The molecule has 3 aromatic heterocycles. The van der Waals surface area contributed by atoms with Crippen molar-refractivity contribution in [1.29, 1.82) is 0 Å². The normalized spacial score (nSPS) is 14.2. The predicted octanol–water partition coefficient (Wildman–Crippen LogP) is 2.08. The van der Waals surface area contributed by atoms with Crippen LogP contribution in [0, 0.1) is 11.8 Å². The summed E-state index contributed by atoms with van der Waals surface area (Å²) in [7, 11) is 0. The molecule has 0 spiro atoms. The molecule has 4 heterocycles. The number of carbonyl (C=O) groups excluding carboxylic acids is 1. The molecular formula is C18H15F3N6O2S. The molecule has 1 aliphatic heterocycles. The van der Waals surface area contributed by atoms with E-state index in [1.54, 1.807) is 16.9 Å². The Hall–Kier alpha value is -3.17. The van der Waals surface area contributed by atoms with E-state index >= 15 is 0 Å². The second kappa shape index (κ2) is 7.92. The summed E-state index contributed by atoms with van der Waals surface area (Å²) in [6, 6.07) is 4.67. The van der Waals surface area contributed by atoms with Crippen molar-refractivity contribution >= 4 is 29.0 Å². The Balaban J connectivity index is 1.48. The minimum Gasteiger partial charge on any atom is -0.384 e. The van der Waals surface area contributed by atoms with Gasteiger partial charge in [-0.1, -0.05) is 12.0 Å². The zero-order valence-corrected chi connectivity index (χ0v) is 16.1. The summed E-state index contributed by atoms with van der Waals surface area (Å²) in [5.41, 5.74) is 1.78. The van der Waals surface area contributed by atoms with Crippen LogP contribution in [-0.4, -0.2) is 50.6 Å². The third-order valence-electron chi connectivity index (χ3n) is 4.26. The zero-order valence-electron chi connectivity index (χ0n) is 15.3. The fraction of sp³-hybridized carbons (Fsp3) is 0.278. The average molecular weight is 436 g/mol. The van der Waals surface area contributed by atoms with Crippen molar-refractivity contribution in [1.82, 2.24) is 24.7 Å². The first-order valence-corrected chi connectivity index (χ1v) is 9.55. The molecule has 0 aromatic carbocycles. The van der Waals surface area contributed by atoms with Crippen molar-refractivity contribution in [3.63, 3.8) is 0 Å². The van der Waals surface area contributed by atoms with Gasteiger partial charge in [-0.3, -0.25) is 9.48 Å². The fourth-order valence-electron chi connectivity index (χ4n) is 2.75. The van der Waals surface area contributed by atoms with Gasteiger partial charge in [-0.25, -0.2) is 4.52 Å². The topological polar surface area (TPSA) is 99.5 Å². The Bertz CT molecular complexity index is 1160. The van der Waals surface area contributed by atoms with E-state index < -0.39 is 5.51 Å². The monoisotopic (exact) mass is 436 g/mol. The van der Waals surface area contributed by atoms with Crippen molar-refractivity contribution in [3.8, 4) is 11.8 Å². The number of anilines is 1. The Morgan fingerprint density at radius 1 is 1.40 bits per heavy atom. The molecular weight excluding hydrogens is 421 g/mol. The van der Waals surface area contributed by atoms with Gasteiger partial charge in [0.15, 0.2) is 0 Å². The summed E-state index contributed by atoms with van der Waals surface area (Å²) in [5.74, 6) is 5.02. The summed E-state index contributed by atoms with van der Waals surface area (Å²) < 4.78 is 46.9. The van der Waals surface area contributed by atoms with Crippen LogP contribution in [0.15, 0.2) is 35.5 Å². The number of nitrogen functional groups attached to an aromatic ring is 1. The SMILES string of the molecule is Nc1cccc2c(SC(F)(F)F)c(C#CCNC(=O)c3cnn(C4COC4)c3)nn12. The highest BCUT2D eigenvalue weighted by Gasteiger charge is 2.33. The van der Waals surface area contributed by atoms with E-state index in [9.17, 15) is 18.0 Å². The maximum atomic E-state index is 13.0. The van der Waals surface area contributed by atoms with Crippen molar-refractivity contribution < 1.29 is 22.7 Å². The first-order chi connectivity index (χ1) is 14.3. The Morgan fingerprint density at radius 3 is 2.90 bits per heavy atom. The van der Waals surface area contributed by atoms with Crippen LogP contribution in [0.4, 0.5) is 19.0 Å². The Kier molecular flexibility index (Phi) is 5.31. The van der Waals surface area contributed by atoms with E-state index in [-0.39, 0.29) is 52.2 Å². The van der Waals surface area contributed by atoms with Gasteiger partial charge in [0.2, 0.25) is 0 Å². The number of nitrogens with one attached hydrogen (secondary N) is 1. The van der Waals surface area contributed by atoms with E-state index in [0.29, 0.717) is 18.8 Å². The van der Waals surface area contributed by atoms with Gasteiger partial charge >= 0.3 is 5.51 Å². The van der Waals surface area contributed by atoms with Crippen LogP contribution in [0.3, 0.4) is 0 Å². The first-order valence-electron chi connectivity index (χ1n) is 8.74. The van der Waals surface area contributed by atoms with E-state index in [2.05, 4.69) is 27.4 Å². The summed E-state index contributed by atoms with van der Waals surface area (Å²) in [6.45, 7) is 1.03. The van der Waals surface area contributed by atoms with Crippen LogP contribution in [-0.2, 0) is 4.74 Å². The molecule has 0 saturated carbocycles. The quantitative estimate of drug-likeness (QED) is 0.480. The van der Waals surface area contributed by atoms with Crippen LogP contribution < -0.4 is 11.1 Å². The number of thioether (sulfide) groups is 1. The zero-order chi connectivity index (χ0) is 21.3. The maximum absolute atomic E-state index is 13.0. The second-order valence-electron chi connectivity index (χ2n) is 6.36. The van der Waals surface area contributed by atoms with Crippen LogP contribution >= 0.6 is 11.8 Å². The van der Waals surface area contributed by atoms with E-state index in [1.165, 1.54) is 22.8 Å².